The van der Waals surface area contributed by atoms with Crippen LogP contribution >= 0.6 is 0 Å². The van der Waals surface area contributed by atoms with Gasteiger partial charge in [0.2, 0.25) is 5.91 Å². The van der Waals surface area contributed by atoms with Crippen molar-refractivity contribution in [3.05, 3.63) is 36.5 Å². The summed E-state index contributed by atoms with van der Waals surface area (Å²) in [6, 6.07) is 3.90. The molecule has 13 nitrogen and oxygen atoms in total. The van der Waals surface area contributed by atoms with Gasteiger partial charge in [-0.15, -0.1) is 5.10 Å². The van der Waals surface area contributed by atoms with E-state index < -0.39 is 24.3 Å². The minimum absolute atomic E-state index is 0.0796. The zero-order valence-electron chi connectivity index (χ0n) is 22.3. The quantitative estimate of drug-likeness (QED) is 0.358. The summed E-state index contributed by atoms with van der Waals surface area (Å²) in [7, 11) is 0. The second-order valence-electron chi connectivity index (χ2n) is 9.50. The maximum atomic E-state index is 11.5. The number of nitrogens with one attached hydrogen (secondary N) is 1. The fraction of sp³-hybridized carbons (Fsp3) is 0.500. The number of alkyl halides is 6. The van der Waals surface area contributed by atoms with E-state index in [4.69, 9.17) is 24.2 Å². The van der Waals surface area contributed by atoms with Gasteiger partial charge in [0.15, 0.2) is 0 Å². The number of carboxylic acids is 2. The van der Waals surface area contributed by atoms with Crippen molar-refractivity contribution in [2.45, 2.75) is 38.3 Å². The number of aliphatic carboxylic acids is 2. The van der Waals surface area contributed by atoms with Gasteiger partial charge in [-0.2, -0.15) is 26.3 Å². The highest BCUT2D eigenvalue weighted by atomic mass is 19.4. The number of anilines is 1. The van der Waals surface area contributed by atoms with Crippen LogP contribution in [0.2, 0.25) is 0 Å². The molecule has 5 rings (SSSR count). The van der Waals surface area contributed by atoms with Crippen molar-refractivity contribution in [2.24, 2.45) is 5.92 Å². The molecule has 0 aromatic carbocycles. The molecule has 0 atom stereocenters. The van der Waals surface area contributed by atoms with Gasteiger partial charge in [0, 0.05) is 51.7 Å². The van der Waals surface area contributed by atoms with Crippen LogP contribution in [-0.2, 0) is 27.5 Å². The molecule has 43 heavy (non-hydrogen) atoms. The molecule has 2 aliphatic rings. The van der Waals surface area contributed by atoms with Gasteiger partial charge in [0.1, 0.15) is 11.4 Å². The number of hydrogen-bond acceptors (Lipinski definition) is 9. The van der Waals surface area contributed by atoms with E-state index in [-0.39, 0.29) is 5.91 Å². The molecule has 0 unspecified atom stereocenters. The van der Waals surface area contributed by atoms with Crippen LogP contribution in [0.15, 0.2) is 35.2 Å². The minimum atomic E-state index is -5.08. The summed E-state index contributed by atoms with van der Waals surface area (Å²) in [5, 5.41) is 26.8. The number of rotatable bonds is 5. The van der Waals surface area contributed by atoms with Gasteiger partial charge in [0.05, 0.1) is 23.9 Å². The minimum Gasteiger partial charge on any atom is -0.475 e. The van der Waals surface area contributed by atoms with Crippen LogP contribution in [-0.4, -0.2) is 98.0 Å². The highest BCUT2D eigenvalue weighted by Gasteiger charge is 2.38. The first-order valence-corrected chi connectivity index (χ1v) is 12.7. The van der Waals surface area contributed by atoms with E-state index in [1.165, 1.54) is 0 Å². The van der Waals surface area contributed by atoms with E-state index in [1.54, 1.807) is 6.26 Å². The van der Waals surface area contributed by atoms with E-state index >= 15 is 0 Å². The zero-order valence-corrected chi connectivity index (χ0v) is 22.3. The Morgan fingerprint density at radius 2 is 1.65 bits per heavy atom. The van der Waals surface area contributed by atoms with E-state index in [9.17, 15) is 31.1 Å². The number of piperidine rings is 1. The lowest BCUT2D eigenvalue weighted by atomic mass is 9.96. The third-order valence-corrected chi connectivity index (χ3v) is 6.29. The first-order valence-electron chi connectivity index (χ1n) is 12.7. The number of carbonyl (C=O) groups excluding carboxylic acids is 1. The summed E-state index contributed by atoms with van der Waals surface area (Å²) in [4.78, 5) is 38.3. The van der Waals surface area contributed by atoms with Crippen LogP contribution in [0.25, 0.3) is 11.0 Å². The first-order chi connectivity index (χ1) is 20.1. The number of furan rings is 1. The molecule has 5 heterocycles. The van der Waals surface area contributed by atoms with Gasteiger partial charge >= 0.3 is 24.3 Å². The van der Waals surface area contributed by atoms with Gasteiger partial charge in [-0.3, -0.25) is 14.4 Å². The second-order valence-corrected chi connectivity index (χ2v) is 9.50. The molecule has 0 saturated carbocycles. The van der Waals surface area contributed by atoms with Crippen molar-refractivity contribution in [1.82, 2.24) is 30.2 Å². The van der Waals surface area contributed by atoms with Crippen LogP contribution in [0.5, 0.6) is 0 Å². The van der Waals surface area contributed by atoms with E-state index in [0.29, 0.717) is 25.6 Å². The molecule has 0 bridgehead atoms. The van der Waals surface area contributed by atoms with E-state index in [0.717, 1.165) is 61.5 Å². The van der Waals surface area contributed by atoms with Crippen LogP contribution in [0.3, 0.4) is 0 Å². The summed E-state index contributed by atoms with van der Waals surface area (Å²) in [6.07, 6.45) is -2.42. The van der Waals surface area contributed by atoms with Crippen molar-refractivity contribution in [3.8, 4) is 0 Å². The SMILES string of the molecule is O=C(O)C(F)(F)F.O=C(O)C(F)(F)F.O=C1CN(Cc2cn(CC3CCN(c4nccc5occc45)CC3)nn2)CCN1. The summed E-state index contributed by atoms with van der Waals surface area (Å²) < 4.78 is 70.9. The molecule has 1 amide bonds. The average molecular weight is 624 g/mol. The molecule has 2 fully saturated rings. The Labute approximate surface area is 239 Å². The van der Waals surface area contributed by atoms with Crippen molar-refractivity contribution >= 4 is 34.6 Å². The van der Waals surface area contributed by atoms with Crippen LogP contribution in [0.1, 0.15) is 18.5 Å². The van der Waals surface area contributed by atoms with Crippen molar-refractivity contribution in [2.75, 3.05) is 37.6 Å². The number of halogens is 6. The summed E-state index contributed by atoms with van der Waals surface area (Å²) in [5.41, 5.74) is 1.81. The van der Waals surface area contributed by atoms with Crippen LogP contribution < -0.4 is 10.2 Å². The molecule has 2 aliphatic heterocycles. The predicted molar refractivity (Wildman–Crippen MR) is 135 cm³/mol. The highest BCUT2D eigenvalue weighted by Crippen LogP contribution is 2.29. The molecule has 3 aromatic rings. The zero-order chi connectivity index (χ0) is 31.8. The Morgan fingerprint density at radius 3 is 2.23 bits per heavy atom. The molecule has 3 N–H and O–H groups in total. The monoisotopic (exact) mass is 623 g/mol. The summed E-state index contributed by atoms with van der Waals surface area (Å²) in [5.74, 6) is -3.84. The molecular formula is C24H27F6N7O6. The van der Waals surface area contributed by atoms with E-state index in [2.05, 4.69) is 30.4 Å². The molecule has 0 radical (unpaired) electrons. The Balaban J connectivity index is 0.000000303. The largest absolute Gasteiger partial charge is 0.490 e. The Hall–Kier alpha value is -4.42. The van der Waals surface area contributed by atoms with Gasteiger partial charge in [-0.05, 0) is 30.9 Å². The van der Waals surface area contributed by atoms with E-state index in [1.807, 2.05) is 29.2 Å². The number of carbonyl (C=O) groups is 3. The molecule has 0 spiro atoms. The lowest BCUT2D eigenvalue weighted by molar-refractivity contribution is -0.193. The third kappa shape index (κ3) is 10.1. The van der Waals surface area contributed by atoms with Gasteiger partial charge in [-0.25, -0.2) is 14.6 Å². The Bertz CT molecular complexity index is 1360. The summed E-state index contributed by atoms with van der Waals surface area (Å²) >= 11 is 0. The molecule has 3 aromatic heterocycles. The van der Waals surface area contributed by atoms with Crippen molar-refractivity contribution in [1.29, 1.82) is 0 Å². The average Bonchev–Trinajstić information content (AvgIpc) is 3.58. The first kappa shape index (κ1) is 33.1. The topological polar surface area (TPSA) is 167 Å². The van der Waals surface area contributed by atoms with Gasteiger partial charge < -0.3 is 24.8 Å². The van der Waals surface area contributed by atoms with Gasteiger partial charge in [-0.1, -0.05) is 5.21 Å². The Morgan fingerprint density at radius 1 is 1.02 bits per heavy atom. The maximum Gasteiger partial charge on any atom is 0.490 e. The predicted octanol–water partition coefficient (Wildman–Crippen LogP) is 2.53. The fourth-order valence-electron chi connectivity index (χ4n) is 4.28. The molecule has 0 aliphatic carbocycles. The number of carboxylic acid groups (broad SMARTS) is 2. The Kier molecular flexibility index (Phi) is 10.9. The number of pyridine rings is 1. The number of piperazine rings is 1. The third-order valence-electron chi connectivity index (χ3n) is 6.29. The molecular weight excluding hydrogens is 596 g/mol. The van der Waals surface area contributed by atoms with Crippen molar-refractivity contribution < 1.29 is 55.4 Å². The van der Waals surface area contributed by atoms with Gasteiger partial charge in [0.25, 0.3) is 0 Å². The summed E-state index contributed by atoms with van der Waals surface area (Å²) in [6.45, 7) is 5.50. The van der Waals surface area contributed by atoms with Crippen LogP contribution in [0, 0.1) is 5.92 Å². The lowest BCUT2D eigenvalue weighted by Crippen LogP contribution is -2.47. The lowest BCUT2D eigenvalue weighted by Gasteiger charge is -2.32. The number of amides is 1. The number of nitrogens with zero attached hydrogens (tertiary/aromatic N) is 6. The molecule has 2 saturated heterocycles. The smallest absolute Gasteiger partial charge is 0.475 e. The maximum absolute atomic E-state index is 11.5. The molecule has 19 heteroatoms. The normalized spacial score (nSPS) is 16.5. The fourth-order valence-corrected chi connectivity index (χ4v) is 4.28. The number of aromatic nitrogens is 4. The standard InChI is InChI=1S/C20H25N7O2.2C2HF3O2/c28-19-14-25(9-6-21-19)12-16-13-27(24-23-16)11-15-2-7-26(8-3-15)20-17-4-10-29-18(17)1-5-22-20;2*3-2(4,5)1(6)7/h1,4-5,10,13,15H,2-3,6-9,11-12,14H2,(H,21,28);2*(H,6,7). The number of fused-ring (bicyclic) bond motifs is 1. The van der Waals surface area contributed by atoms with Crippen LogP contribution in [0.4, 0.5) is 32.2 Å². The molecule has 236 valence electrons. The van der Waals surface area contributed by atoms with Crippen molar-refractivity contribution in [3.63, 3.8) is 0 Å². The second kappa shape index (κ2) is 14.2. The number of hydrogen-bond donors (Lipinski definition) is 3. The highest BCUT2D eigenvalue weighted by molar-refractivity contribution is 5.88.